The van der Waals surface area contributed by atoms with Gasteiger partial charge in [0, 0.05) is 41.4 Å². The van der Waals surface area contributed by atoms with Gasteiger partial charge in [-0.25, -0.2) is 0 Å². The minimum Gasteiger partial charge on any atom is -0.454 e. The van der Waals surface area contributed by atoms with Gasteiger partial charge in [0.15, 0.2) is 11.4 Å². The Morgan fingerprint density at radius 3 is 2.32 bits per heavy atom. The molecule has 14 heteroatoms. The van der Waals surface area contributed by atoms with Crippen molar-refractivity contribution in [2.24, 2.45) is 5.92 Å². The summed E-state index contributed by atoms with van der Waals surface area (Å²) in [6.45, 7) is 4.87. The fourth-order valence-electron chi connectivity index (χ4n) is 9.84. The summed E-state index contributed by atoms with van der Waals surface area (Å²) in [5, 5.41) is 22.5. The van der Waals surface area contributed by atoms with Crippen molar-refractivity contribution in [2.75, 3.05) is 16.4 Å². The Labute approximate surface area is 347 Å². The highest BCUT2D eigenvalue weighted by Crippen LogP contribution is 2.61. The maximum Gasteiger partial charge on any atom is 0.269 e. The van der Waals surface area contributed by atoms with Crippen LogP contribution in [0.15, 0.2) is 115 Å². The van der Waals surface area contributed by atoms with Gasteiger partial charge in [0.05, 0.1) is 53.6 Å². The summed E-state index contributed by atoms with van der Waals surface area (Å²) >= 11 is 0. The van der Waals surface area contributed by atoms with E-state index < -0.39 is 48.4 Å². The van der Waals surface area contributed by atoms with Crippen molar-refractivity contribution in [2.45, 2.75) is 69.2 Å². The zero-order valence-corrected chi connectivity index (χ0v) is 34.3. The van der Waals surface area contributed by atoms with Crippen LogP contribution in [-0.4, -0.2) is 59.8 Å². The maximum absolute atomic E-state index is 16.7. The van der Waals surface area contributed by atoms with Gasteiger partial charge >= 0.3 is 0 Å². The smallest absolute Gasteiger partial charge is 0.269 e. The molecule has 4 aliphatic rings. The average Bonchev–Trinajstić information content (AvgIpc) is 3.61. The number of ether oxygens (including phenoxy) is 2. The molecule has 60 heavy (non-hydrogen) atoms. The lowest BCUT2D eigenvalue weighted by atomic mass is 9.82. The van der Waals surface area contributed by atoms with Gasteiger partial charge in [-0.3, -0.25) is 29.4 Å². The van der Waals surface area contributed by atoms with Gasteiger partial charge in [0.25, 0.3) is 17.5 Å². The van der Waals surface area contributed by atoms with Gasteiger partial charge in [-0.15, -0.1) is 0 Å². The number of fused-ring (bicyclic) bond motifs is 5. The zero-order valence-electron chi connectivity index (χ0n) is 33.3. The molecule has 4 aliphatic heterocycles. The molecule has 1 spiro atoms. The number of hydrogen-bond donors (Lipinski definition) is 1. The van der Waals surface area contributed by atoms with Crippen molar-refractivity contribution in [1.29, 1.82) is 0 Å². The Morgan fingerprint density at radius 2 is 1.60 bits per heavy atom. The van der Waals surface area contributed by atoms with Crippen LogP contribution in [0.2, 0.25) is 18.6 Å². The standard InChI is InChI=1S/C46H43FN4O8Si/c1-28-43(60(2,3)47)41(24-42(53)48-26-31-11-5-4-10-30(31)22-34(48)27-52)59-46(28)36-23-33(51(56)57)20-21-37(36)49(45(46)55)25-29-16-18-32(19-17-29)50-38-13-7-9-15-40(38)58-39-14-8-6-12-35(39)44(50)54/h4-21,23,28,34,41,43,52H,22,24-27H2,1-3H3/t28-,34-,41+,43-,46+/m0/s1. The molecule has 5 aromatic rings. The van der Waals surface area contributed by atoms with Gasteiger partial charge in [0.2, 0.25) is 14.3 Å². The summed E-state index contributed by atoms with van der Waals surface area (Å²) in [5.74, 6) is -0.950. The summed E-state index contributed by atoms with van der Waals surface area (Å²) in [5.41, 5.74) is 1.98. The van der Waals surface area contributed by atoms with Gasteiger partial charge < -0.3 is 28.5 Å². The minimum absolute atomic E-state index is 0.0360. The van der Waals surface area contributed by atoms with E-state index in [2.05, 4.69) is 0 Å². The van der Waals surface area contributed by atoms with E-state index in [0.29, 0.717) is 46.1 Å². The number of carbonyl (C=O) groups excluding carboxylic acids is 3. The molecular weight excluding hydrogens is 784 g/mol. The second-order valence-electron chi connectivity index (χ2n) is 16.5. The van der Waals surface area contributed by atoms with Gasteiger partial charge in [-0.2, -0.15) is 0 Å². The average molecular weight is 827 g/mol. The number of nitrogens with zero attached hydrogens (tertiary/aromatic N) is 4. The minimum atomic E-state index is -3.70. The van der Waals surface area contributed by atoms with Crippen LogP contribution < -0.4 is 14.5 Å². The number of nitro benzene ring substituents is 1. The van der Waals surface area contributed by atoms with Crippen LogP contribution in [0, 0.1) is 16.0 Å². The fraction of sp³-hybridized carbons (Fsp3) is 0.283. The number of hydrogen-bond acceptors (Lipinski definition) is 8. The lowest BCUT2D eigenvalue weighted by Gasteiger charge is -2.37. The van der Waals surface area contributed by atoms with Crippen molar-refractivity contribution < 1.29 is 38.0 Å². The lowest BCUT2D eigenvalue weighted by molar-refractivity contribution is -0.385. The first-order valence-corrected chi connectivity index (χ1v) is 23.0. The maximum atomic E-state index is 16.7. The van der Waals surface area contributed by atoms with Gasteiger partial charge in [-0.1, -0.05) is 67.6 Å². The number of rotatable bonds is 8. The highest BCUT2D eigenvalue weighted by atomic mass is 28.4. The first kappa shape index (κ1) is 39.2. The van der Waals surface area contributed by atoms with Crippen molar-refractivity contribution in [3.63, 3.8) is 0 Å². The molecule has 0 unspecified atom stereocenters. The zero-order chi connectivity index (χ0) is 42.1. The van der Waals surface area contributed by atoms with Crippen molar-refractivity contribution in [3.8, 4) is 11.5 Å². The van der Waals surface area contributed by atoms with E-state index in [9.17, 15) is 24.8 Å². The first-order chi connectivity index (χ1) is 28.8. The van der Waals surface area contributed by atoms with Crippen molar-refractivity contribution in [3.05, 3.63) is 153 Å². The molecule has 1 fully saturated rings. The number of aliphatic hydroxyl groups excluding tert-OH is 1. The molecule has 5 aromatic carbocycles. The van der Waals surface area contributed by atoms with Crippen molar-refractivity contribution >= 4 is 48.9 Å². The third-order valence-corrected chi connectivity index (χ3v) is 15.1. The molecule has 12 nitrogen and oxygen atoms in total. The summed E-state index contributed by atoms with van der Waals surface area (Å²) in [6.07, 6.45) is -0.788. The number of para-hydroxylation sites is 3. The van der Waals surface area contributed by atoms with E-state index in [1.807, 2.05) is 36.4 Å². The summed E-state index contributed by atoms with van der Waals surface area (Å²) in [4.78, 5) is 59.7. The molecule has 0 aliphatic carbocycles. The Morgan fingerprint density at radius 1 is 0.917 bits per heavy atom. The SMILES string of the molecule is C[C@H]1[C@H]([Si](C)(C)F)[C@@H](CC(=O)N2Cc3ccccc3C[C@H]2CO)O[C@]12C(=O)N(Cc1ccc(N3C(=O)c4ccccc4Oc4ccccc43)cc1)c1ccc([N+](=O)[O-])cc12. The summed E-state index contributed by atoms with van der Waals surface area (Å²) in [7, 11) is -3.70. The van der Waals surface area contributed by atoms with Gasteiger partial charge in [0.1, 0.15) is 5.75 Å². The lowest BCUT2D eigenvalue weighted by Crippen LogP contribution is -2.48. The molecule has 0 bridgehead atoms. The number of amides is 3. The Balaban J connectivity index is 1.04. The summed E-state index contributed by atoms with van der Waals surface area (Å²) < 4.78 is 29.6. The fourth-order valence-corrected chi connectivity index (χ4v) is 12.3. The molecule has 1 saturated heterocycles. The predicted molar refractivity (Wildman–Crippen MR) is 224 cm³/mol. The molecule has 306 valence electrons. The van der Waals surface area contributed by atoms with E-state index in [0.717, 1.165) is 11.1 Å². The molecule has 3 amide bonds. The van der Waals surface area contributed by atoms with E-state index in [1.54, 1.807) is 77.4 Å². The highest BCUT2D eigenvalue weighted by molar-refractivity contribution is 6.72. The third-order valence-electron chi connectivity index (χ3n) is 12.6. The Kier molecular flexibility index (Phi) is 9.68. The highest BCUT2D eigenvalue weighted by Gasteiger charge is 2.67. The van der Waals surface area contributed by atoms with Crippen molar-refractivity contribution in [1.82, 2.24) is 4.90 Å². The molecule has 0 saturated carbocycles. The molecule has 5 atom stereocenters. The number of anilines is 3. The van der Waals surface area contributed by atoms with E-state index in [1.165, 1.54) is 36.2 Å². The molecule has 9 rings (SSSR count). The first-order valence-electron chi connectivity index (χ1n) is 20.0. The van der Waals surface area contributed by atoms with Crippen LogP contribution in [0.3, 0.4) is 0 Å². The second kappa shape index (κ2) is 14.8. The third kappa shape index (κ3) is 6.37. The monoisotopic (exact) mass is 826 g/mol. The number of halogens is 1. The van der Waals surface area contributed by atoms with Crippen LogP contribution in [0.5, 0.6) is 11.5 Å². The van der Waals surface area contributed by atoms with E-state index >= 15 is 8.90 Å². The number of nitro groups is 1. The molecule has 4 heterocycles. The predicted octanol–water partition coefficient (Wildman–Crippen LogP) is 8.34. The second-order valence-corrected chi connectivity index (χ2v) is 20.3. The van der Waals surface area contributed by atoms with Crippen LogP contribution in [0.25, 0.3) is 0 Å². The topological polar surface area (TPSA) is 143 Å². The number of carbonyl (C=O) groups is 3. The van der Waals surface area contributed by atoms with Crippen LogP contribution in [0.1, 0.15) is 46.0 Å². The van der Waals surface area contributed by atoms with E-state index in [4.69, 9.17) is 9.47 Å². The number of aliphatic hydroxyl groups is 1. The summed E-state index contributed by atoms with van der Waals surface area (Å²) in [6, 6.07) is 32.9. The quantitative estimate of drug-likeness (QED) is 0.0713. The number of benzene rings is 5. The number of non-ortho nitro benzene ring substituents is 1. The van der Waals surface area contributed by atoms with Gasteiger partial charge in [-0.05, 0) is 78.7 Å². The Bertz CT molecular complexity index is 2560. The van der Waals surface area contributed by atoms with Crippen LogP contribution >= 0.6 is 0 Å². The van der Waals surface area contributed by atoms with Crippen LogP contribution in [-0.2, 0) is 39.4 Å². The Hall–Kier alpha value is -6.22. The molecule has 1 N–H and O–H groups in total. The molecule has 0 radical (unpaired) electrons. The van der Waals surface area contributed by atoms with E-state index in [-0.39, 0.29) is 49.2 Å². The van der Waals surface area contributed by atoms with Crippen LogP contribution in [0.4, 0.5) is 26.9 Å². The molecular formula is C46H43FN4O8Si. The normalized spacial score (nSPS) is 23.1. The largest absolute Gasteiger partial charge is 0.454 e. The molecule has 0 aromatic heterocycles.